The Morgan fingerprint density at radius 2 is 2.09 bits per heavy atom. The number of carbonyl (C=O) groups excluding carboxylic acids is 1. The highest BCUT2D eigenvalue weighted by atomic mass is 16.3. The smallest absolute Gasteiger partial charge is 0.319 e. The number of anilines is 1. The molecule has 0 saturated heterocycles. The van der Waals surface area contributed by atoms with E-state index in [0.29, 0.717) is 18.9 Å². The van der Waals surface area contributed by atoms with Gasteiger partial charge < -0.3 is 15.7 Å². The lowest BCUT2D eigenvalue weighted by Gasteiger charge is -2.15. The number of carbonyl (C=O) groups is 1. The fraction of sp³-hybridized carbons (Fsp3) is 0.412. The van der Waals surface area contributed by atoms with Gasteiger partial charge in [-0.3, -0.25) is 4.68 Å². The molecule has 0 fully saturated rings. The highest BCUT2D eigenvalue weighted by molar-refractivity contribution is 5.90. The van der Waals surface area contributed by atoms with Crippen LogP contribution in [0.4, 0.5) is 10.5 Å². The standard InChI is InChI=1S/C17H24N4O2/c1-13(2)10-15(22)11-18-17(23)20-16-7-4-3-6-14(16)12-21-9-5-8-19-21/h3-9,13,15,22H,10-12H2,1-2H3,(H2,18,20,23). The van der Waals surface area contributed by atoms with E-state index in [1.165, 1.54) is 0 Å². The zero-order chi connectivity index (χ0) is 16.7. The molecule has 23 heavy (non-hydrogen) atoms. The minimum absolute atomic E-state index is 0.241. The summed E-state index contributed by atoms with van der Waals surface area (Å²) in [4.78, 5) is 12.0. The summed E-state index contributed by atoms with van der Waals surface area (Å²) in [5, 5.41) is 19.5. The lowest BCUT2D eigenvalue weighted by atomic mass is 10.1. The molecule has 0 saturated carbocycles. The lowest BCUT2D eigenvalue weighted by Crippen LogP contribution is -2.36. The largest absolute Gasteiger partial charge is 0.391 e. The van der Waals surface area contributed by atoms with Crippen molar-refractivity contribution in [3.05, 3.63) is 48.3 Å². The van der Waals surface area contributed by atoms with Crippen LogP contribution in [0.25, 0.3) is 0 Å². The number of amides is 2. The molecule has 6 heteroatoms. The number of aromatic nitrogens is 2. The van der Waals surface area contributed by atoms with E-state index in [2.05, 4.69) is 15.7 Å². The van der Waals surface area contributed by atoms with Crippen molar-refractivity contribution in [2.24, 2.45) is 5.92 Å². The summed E-state index contributed by atoms with van der Waals surface area (Å²) < 4.78 is 1.80. The minimum atomic E-state index is -0.528. The van der Waals surface area contributed by atoms with Gasteiger partial charge in [0.2, 0.25) is 0 Å². The molecule has 0 radical (unpaired) electrons. The molecule has 1 atom stereocenters. The fourth-order valence-corrected chi connectivity index (χ4v) is 2.35. The second-order valence-corrected chi connectivity index (χ2v) is 5.98. The molecular formula is C17H24N4O2. The molecule has 1 heterocycles. The second-order valence-electron chi connectivity index (χ2n) is 5.98. The van der Waals surface area contributed by atoms with Crippen molar-refractivity contribution in [2.45, 2.75) is 32.9 Å². The SMILES string of the molecule is CC(C)CC(O)CNC(=O)Nc1ccccc1Cn1cccn1. The highest BCUT2D eigenvalue weighted by Crippen LogP contribution is 2.16. The van der Waals surface area contributed by atoms with Gasteiger partial charge >= 0.3 is 6.03 Å². The minimum Gasteiger partial charge on any atom is -0.391 e. The maximum Gasteiger partial charge on any atom is 0.319 e. The molecule has 1 aromatic heterocycles. The zero-order valence-electron chi connectivity index (χ0n) is 13.6. The molecule has 1 aromatic carbocycles. The quantitative estimate of drug-likeness (QED) is 0.734. The van der Waals surface area contributed by atoms with Gasteiger partial charge in [-0.15, -0.1) is 0 Å². The molecule has 2 aromatic rings. The van der Waals surface area contributed by atoms with Crippen LogP contribution in [0, 0.1) is 5.92 Å². The fourth-order valence-electron chi connectivity index (χ4n) is 2.35. The Hall–Kier alpha value is -2.34. The summed E-state index contributed by atoms with van der Waals surface area (Å²) in [6, 6.07) is 9.14. The van der Waals surface area contributed by atoms with Gasteiger partial charge in [0.1, 0.15) is 0 Å². The first-order valence-corrected chi connectivity index (χ1v) is 7.83. The number of urea groups is 1. The van der Waals surface area contributed by atoms with Crippen LogP contribution >= 0.6 is 0 Å². The average molecular weight is 316 g/mol. The van der Waals surface area contributed by atoms with Crippen LogP contribution < -0.4 is 10.6 Å². The molecule has 2 amide bonds. The number of para-hydroxylation sites is 1. The first-order chi connectivity index (χ1) is 11.0. The number of aliphatic hydroxyl groups is 1. The van der Waals surface area contributed by atoms with Crippen molar-refractivity contribution < 1.29 is 9.90 Å². The van der Waals surface area contributed by atoms with Crippen LogP contribution in [0.15, 0.2) is 42.7 Å². The second kappa shape index (κ2) is 8.33. The Morgan fingerprint density at radius 1 is 1.30 bits per heavy atom. The van der Waals surface area contributed by atoms with Crippen LogP contribution in [-0.2, 0) is 6.54 Å². The topological polar surface area (TPSA) is 79.2 Å². The molecular weight excluding hydrogens is 292 g/mol. The summed E-state index contributed by atoms with van der Waals surface area (Å²) >= 11 is 0. The van der Waals surface area contributed by atoms with E-state index < -0.39 is 6.10 Å². The van der Waals surface area contributed by atoms with E-state index in [4.69, 9.17) is 0 Å². The Bertz CT molecular complexity index is 611. The molecule has 0 bridgehead atoms. The van der Waals surface area contributed by atoms with Gasteiger partial charge in [0.05, 0.1) is 12.6 Å². The van der Waals surface area contributed by atoms with Crippen LogP contribution in [0.1, 0.15) is 25.8 Å². The van der Waals surface area contributed by atoms with Crippen molar-refractivity contribution in [1.82, 2.24) is 15.1 Å². The molecule has 1 unspecified atom stereocenters. The van der Waals surface area contributed by atoms with E-state index in [1.54, 1.807) is 10.9 Å². The number of nitrogens with zero attached hydrogens (tertiary/aromatic N) is 2. The van der Waals surface area contributed by atoms with Crippen molar-refractivity contribution in [1.29, 1.82) is 0 Å². The summed E-state index contributed by atoms with van der Waals surface area (Å²) in [5.41, 5.74) is 1.70. The van der Waals surface area contributed by atoms with Gasteiger partial charge in [-0.2, -0.15) is 5.10 Å². The van der Waals surface area contributed by atoms with Gasteiger partial charge in [-0.25, -0.2) is 4.79 Å². The third-order valence-electron chi connectivity index (χ3n) is 3.40. The molecule has 0 aliphatic rings. The Kier molecular flexibility index (Phi) is 6.17. The van der Waals surface area contributed by atoms with Gasteiger partial charge in [0.15, 0.2) is 0 Å². The predicted octanol–water partition coefficient (Wildman–Crippen LogP) is 2.46. The monoisotopic (exact) mass is 316 g/mol. The number of aliphatic hydroxyl groups excluding tert-OH is 1. The van der Waals surface area contributed by atoms with Crippen molar-refractivity contribution in [3.8, 4) is 0 Å². The highest BCUT2D eigenvalue weighted by Gasteiger charge is 2.10. The molecule has 2 rings (SSSR count). The van der Waals surface area contributed by atoms with Crippen molar-refractivity contribution in [2.75, 3.05) is 11.9 Å². The van der Waals surface area contributed by atoms with Gasteiger partial charge in [0.25, 0.3) is 0 Å². The molecule has 6 nitrogen and oxygen atoms in total. The maximum atomic E-state index is 12.0. The number of rotatable bonds is 7. The molecule has 0 spiro atoms. The first-order valence-electron chi connectivity index (χ1n) is 7.83. The normalized spacial score (nSPS) is 12.2. The van der Waals surface area contributed by atoms with Crippen LogP contribution in [0.3, 0.4) is 0 Å². The number of benzene rings is 1. The molecule has 0 aliphatic carbocycles. The Morgan fingerprint density at radius 3 is 2.78 bits per heavy atom. The predicted molar refractivity (Wildman–Crippen MR) is 90.3 cm³/mol. The summed E-state index contributed by atoms with van der Waals surface area (Å²) in [5.74, 6) is 0.393. The first kappa shape index (κ1) is 17.0. The maximum absolute atomic E-state index is 12.0. The van der Waals surface area contributed by atoms with E-state index in [9.17, 15) is 9.90 Å². The average Bonchev–Trinajstić information content (AvgIpc) is 2.99. The van der Waals surface area contributed by atoms with E-state index in [0.717, 1.165) is 11.3 Å². The third-order valence-corrected chi connectivity index (χ3v) is 3.40. The van der Waals surface area contributed by atoms with Gasteiger partial charge in [-0.1, -0.05) is 32.0 Å². The third kappa shape index (κ3) is 5.75. The zero-order valence-corrected chi connectivity index (χ0v) is 13.6. The molecule has 124 valence electrons. The number of hydrogen-bond donors (Lipinski definition) is 3. The summed E-state index contributed by atoms with van der Waals surface area (Å²) in [6.45, 7) is 4.90. The van der Waals surface area contributed by atoms with Gasteiger partial charge in [0, 0.05) is 24.6 Å². The van der Waals surface area contributed by atoms with Crippen LogP contribution in [0.2, 0.25) is 0 Å². The Labute approximate surface area is 136 Å². The van der Waals surface area contributed by atoms with E-state index >= 15 is 0 Å². The Balaban J connectivity index is 1.90. The molecule has 0 aliphatic heterocycles. The van der Waals surface area contributed by atoms with Crippen LogP contribution in [-0.4, -0.2) is 33.6 Å². The van der Waals surface area contributed by atoms with E-state index in [-0.39, 0.29) is 12.6 Å². The van der Waals surface area contributed by atoms with Gasteiger partial charge in [-0.05, 0) is 30.0 Å². The van der Waals surface area contributed by atoms with Crippen molar-refractivity contribution in [3.63, 3.8) is 0 Å². The van der Waals surface area contributed by atoms with E-state index in [1.807, 2.05) is 50.4 Å². The number of nitrogens with one attached hydrogen (secondary N) is 2. The molecule has 3 N–H and O–H groups in total. The lowest BCUT2D eigenvalue weighted by molar-refractivity contribution is 0.148. The van der Waals surface area contributed by atoms with Crippen LogP contribution in [0.5, 0.6) is 0 Å². The van der Waals surface area contributed by atoms with Crippen molar-refractivity contribution >= 4 is 11.7 Å². The summed E-state index contributed by atoms with van der Waals surface area (Å²) in [7, 11) is 0. The summed E-state index contributed by atoms with van der Waals surface area (Å²) in [6.07, 6.45) is 3.73. The number of hydrogen-bond acceptors (Lipinski definition) is 3.